The lowest BCUT2D eigenvalue weighted by atomic mass is 9.67. The normalized spacial score (nSPS) is 14.5. The van der Waals surface area contributed by atoms with Crippen molar-refractivity contribution >= 4 is 89.5 Å². The van der Waals surface area contributed by atoms with E-state index in [1.54, 1.807) is 0 Å². The third-order valence-corrected chi connectivity index (χ3v) is 15.4. The van der Waals surface area contributed by atoms with Crippen molar-refractivity contribution in [3.05, 3.63) is 240 Å². The second-order valence-corrected chi connectivity index (χ2v) is 19.2. The minimum atomic E-state index is 0.0453. The fourth-order valence-corrected chi connectivity index (χ4v) is 12.2. The summed E-state index contributed by atoms with van der Waals surface area (Å²) < 4.78 is 4.83. The highest BCUT2D eigenvalue weighted by Crippen LogP contribution is 2.56. The minimum Gasteiger partial charge on any atom is -0.309 e. The van der Waals surface area contributed by atoms with E-state index in [0.29, 0.717) is 0 Å². The van der Waals surface area contributed by atoms with Crippen molar-refractivity contribution in [2.45, 2.75) is 37.5 Å². The molecule has 2 aromatic heterocycles. The van der Waals surface area contributed by atoms with E-state index < -0.39 is 0 Å². The number of benzene rings is 10. The first-order chi connectivity index (χ1) is 33.6. The molecule has 12 aromatic rings. The van der Waals surface area contributed by atoms with Crippen molar-refractivity contribution in [1.82, 2.24) is 9.13 Å². The van der Waals surface area contributed by atoms with Crippen LogP contribution in [0.4, 0.5) is 0 Å². The van der Waals surface area contributed by atoms with Crippen LogP contribution in [0.25, 0.3) is 112 Å². The van der Waals surface area contributed by atoms with Crippen molar-refractivity contribution in [3.8, 4) is 22.5 Å². The van der Waals surface area contributed by atoms with E-state index in [9.17, 15) is 0 Å². The van der Waals surface area contributed by atoms with Gasteiger partial charge >= 0.3 is 0 Å². The third kappa shape index (κ3) is 6.17. The molecule has 68 heavy (non-hydrogen) atoms. The van der Waals surface area contributed by atoms with Crippen LogP contribution in [0.15, 0.2) is 206 Å². The fourth-order valence-electron chi connectivity index (χ4n) is 12.2. The van der Waals surface area contributed by atoms with Crippen molar-refractivity contribution < 1.29 is 0 Å². The molecule has 0 atom stereocenters. The fraction of sp³-hybridized carbons (Fsp3) is 0.0909. The Morgan fingerprint density at radius 3 is 1.19 bits per heavy atom. The highest BCUT2D eigenvalue weighted by atomic mass is 15.0. The molecule has 10 aromatic carbocycles. The smallest absolute Gasteiger partial charge is 0.0541 e. The quantitative estimate of drug-likeness (QED) is 0.147. The third-order valence-electron chi connectivity index (χ3n) is 15.4. The molecule has 0 N–H and O–H groups in total. The molecule has 1 spiro atoms. The largest absolute Gasteiger partial charge is 0.309 e. The van der Waals surface area contributed by atoms with Crippen LogP contribution in [0.2, 0.25) is 0 Å². The zero-order valence-corrected chi connectivity index (χ0v) is 37.9. The van der Waals surface area contributed by atoms with Gasteiger partial charge in [-0.15, -0.1) is 0 Å². The molecule has 1 saturated carbocycles. The first-order valence-electron chi connectivity index (χ1n) is 24.4. The Labute approximate surface area is 396 Å². The van der Waals surface area contributed by atoms with Gasteiger partial charge in [-0.2, -0.15) is 0 Å². The van der Waals surface area contributed by atoms with E-state index in [-0.39, 0.29) is 5.41 Å². The van der Waals surface area contributed by atoms with E-state index in [1.807, 2.05) is 0 Å². The number of rotatable bonds is 6. The molecule has 0 unspecified atom stereocenters. The summed E-state index contributed by atoms with van der Waals surface area (Å²) >= 11 is 0. The van der Waals surface area contributed by atoms with Gasteiger partial charge in [0.25, 0.3) is 0 Å². The summed E-state index contributed by atoms with van der Waals surface area (Å²) in [7, 11) is 0. The van der Waals surface area contributed by atoms with Crippen LogP contribution in [0.1, 0.15) is 65.5 Å². The monoisotopic (exact) mass is 868 g/mol. The Balaban J connectivity index is 0.780. The lowest BCUT2D eigenvalue weighted by Gasteiger charge is -2.36. The Morgan fingerprint density at radius 1 is 0.309 bits per heavy atom. The first-order valence-corrected chi connectivity index (χ1v) is 24.4. The minimum absolute atomic E-state index is 0.0453. The van der Waals surface area contributed by atoms with Crippen LogP contribution in [-0.2, 0) is 5.41 Å². The van der Waals surface area contributed by atoms with Crippen LogP contribution in [0.3, 0.4) is 0 Å². The van der Waals surface area contributed by atoms with E-state index in [4.69, 9.17) is 0 Å². The molecule has 0 aliphatic heterocycles. The molecule has 2 aliphatic rings. The molecule has 2 aliphatic carbocycles. The molecule has 0 bridgehead atoms. The maximum Gasteiger partial charge on any atom is 0.0541 e. The average Bonchev–Trinajstić information content (AvgIpc) is 4.00. The number of hydrogen-bond acceptors (Lipinski definition) is 0. The average molecular weight is 869 g/mol. The number of aromatic nitrogens is 2. The molecular formula is C66H48N2. The van der Waals surface area contributed by atoms with E-state index in [2.05, 4.69) is 240 Å². The summed E-state index contributed by atoms with van der Waals surface area (Å²) in [6, 6.07) is 76.8. The maximum absolute atomic E-state index is 2.51. The molecule has 322 valence electrons. The molecule has 1 fully saturated rings. The van der Waals surface area contributed by atoms with Crippen molar-refractivity contribution in [2.75, 3.05) is 0 Å². The van der Waals surface area contributed by atoms with Crippen molar-refractivity contribution in [1.29, 1.82) is 0 Å². The highest BCUT2D eigenvalue weighted by molar-refractivity contribution is 6.11. The molecular weight excluding hydrogens is 821 g/mol. The summed E-state index contributed by atoms with van der Waals surface area (Å²) in [6.07, 6.45) is 15.5. The van der Waals surface area contributed by atoms with Crippen LogP contribution in [0.5, 0.6) is 0 Å². The van der Waals surface area contributed by atoms with Crippen LogP contribution in [-0.4, -0.2) is 9.13 Å². The Kier molecular flexibility index (Phi) is 8.86. The standard InChI is InChI=1S/C66H48N2/c1-10-36-66(37-11-1)60-40-46(22-20-44-26-34-64-58(38-44)56-16-6-8-18-62(56)67(64)52-30-28-48-12-2-4-14-50(48)42-52)24-32-54(60)55-33-25-47(41-61(55)66)23-21-45-27-35-65-59(39-45)57-17-7-9-19-63(57)68(65)53-31-29-49-13-3-5-15-51(49)43-53/h2-9,12-35,38-43H,1,10-11,36-37H2. The molecule has 2 heteroatoms. The number of para-hydroxylation sites is 2. The van der Waals surface area contributed by atoms with Crippen molar-refractivity contribution in [2.24, 2.45) is 0 Å². The second kappa shape index (κ2) is 15.4. The lowest BCUT2D eigenvalue weighted by molar-refractivity contribution is 0.353. The van der Waals surface area contributed by atoms with E-state index in [0.717, 1.165) is 0 Å². The van der Waals surface area contributed by atoms with Gasteiger partial charge in [-0.1, -0.05) is 189 Å². The topological polar surface area (TPSA) is 9.86 Å². The summed E-state index contributed by atoms with van der Waals surface area (Å²) in [5.41, 5.74) is 18.1. The van der Waals surface area contributed by atoms with E-state index in [1.165, 1.54) is 153 Å². The van der Waals surface area contributed by atoms with Gasteiger partial charge < -0.3 is 9.13 Å². The summed E-state index contributed by atoms with van der Waals surface area (Å²) in [6.45, 7) is 0. The summed E-state index contributed by atoms with van der Waals surface area (Å²) in [5, 5.41) is 10.1. The zero-order valence-electron chi connectivity index (χ0n) is 37.9. The summed E-state index contributed by atoms with van der Waals surface area (Å²) in [4.78, 5) is 0. The Bertz CT molecular complexity index is 3810. The molecule has 0 radical (unpaired) electrons. The van der Waals surface area contributed by atoms with Gasteiger partial charge in [-0.25, -0.2) is 0 Å². The highest BCUT2D eigenvalue weighted by Gasteiger charge is 2.43. The maximum atomic E-state index is 2.51. The zero-order chi connectivity index (χ0) is 44.8. The number of nitrogens with zero attached hydrogens (tertiary/aromatic N) is 2. The number of fused-ring (bicyclic) bond motifs is 13. The lowest BCUT2D eigenvalue weighted by Crippen LogP contribution is -2.28. The SMILES string of the molecule is C(=Cc1ccc2c(c1)c1ccccc1n2-c1ccc2ccccc2c1)c1ccc2c(c1)C1(CCCCC1)c1cc(C=Cc3ccc4c(c3)c3ccccc3n4-c3ccc4ccccc4c3)ccc1-2. The van der Waals surface area contributed by atoms with Gasteiger partial charge in [0.15, 0.2) is 0 Å². The van der Waals surface area contributed by atoms with Gasteiger partial charge in [0.2, 0.25) is 0 Å². The summed E-state index contributed by atoms with van der Waals surface area (Å²) in [5.74, 6) is 0. The number of hydrogen-bond donors (Lipinski definition) is 0. The van der Waals surface area contributed by atoms with E-state index >= 15 is 0 Å². The van der Waals surface area contributed by atoms with Crippen LogP contribution < -0.4 is 0 Å². The van der Waals surface area contributed by atoms with Gasteiger partial charge in [-0.3, -0.25) is 0 Å². The second-order valence-electron chi connectivity index (χ2n) is 19.2. The molecule has 2 nitrogen and oxygen atoms in total. The predicted octanol–water partition coefficient (Wildman–Crippen LogP) is 17.8. The molecule has 2 heterocycles. The predicted molar refractivity (Wildman–Crippen MR) is 290 cm³/mol. The van der Waals surface area contributed by atoms with Gasteiger partial charge in [0.1, 0.15) is 0 Å². The van der Waals surface area contributed by atoms with Gasteiger partial charge in [0, 0.05) is 38.3 Å². The van der Waals surface area contributed by atoms with Crippen molar-refractivity contribution in [3.63, 3.8) is 0 Å². The van der Waals surface area contributed by atoms with Gasteiger partial charge in [-0.05, 0) is 140 Å². The molecule has 0 amide bonds. The Morgan fingerprint density at radius 2 is 0.706 bits per heavy atom. The Hall–Kier alpha value is -8.20. The van der Waals surface area contributed by atoms with Crippen LogP contribution >= 0.6 is 0 Å². The first kappa shape index (κ1) is 39.0. The molecule has 0 saturated heterocycles. The van der Waals surface area contributed by atoms with Crippen LogP contribution in [0, 0.1) is 0 Å². The molecule has 14 rings (SSSR count). The van der Waals surface area contributed by atoms with Gasteiger partial charge in [0.05, 0.1) is 22.1 Å².